The maximum Gasteiger partial charge on any atom is 0.279 e. The van der Waals surface area contributed by atoms with Crippen LogP contribution < -0.4 is 15.6 Å². The van der Waals surface area contributed by atoms with Crippen molar-refractivity contribution in [2.24, 2.45) is 5.92 Å². The van der Waals surface area contributed by atoms with Gasteiger partial charge in [0.2, 0.25) is 5.91 Å². The Balaban J connectivity index is 1.80. The lowest BCUT2D eigenvalue weighted by molar-refractivity contribution is -0.134. The molecule has 0 radical (unpaired) electrons. The third-order valence-corrected chi connectivity index (χ3v) is 3.46. The number of nitrogens with one attached hydrogen (secondary N) is 2. The Kier molecular flexibility index (Phi) is 5.52. The summed E-state index contributed by atoms with van der Waals surface area (Å²) in [4.78, 5) is 23.7. The fourth-order valence-electron chi connectivity index (χ4n) is 2.14. The summed E-state index contributed by atoms with van der Waals surface area (Å²) in [7, 11) is 0. The van der Waals surface area contributed by atoms with E-state index in [4.69, 9.17) is 4.74 Å². The minimum atomic E-state index is -0.927. The maximum atomic E-state index is 13.4. The van der Waals surface area contributed by atoms with Crippen LogP contribution in [0, 0.1) is 11.7 Å². The van der Waals surface area contributed by atoms with Gasteiger partial charge in [-0.05, 0) is 38.3 Å². The van der Waals surface area contributed by atoms with Gasteiger partial charge in [0.25, 0.3) is 5.91 Å². The molecular weight excluding hydrogens is 287 g/mol. The van der Waals surface area contributed by atoms with Gasteiger partial charge in [-0.15, -0.1) is 0 Å². The number of para-hydroxylation sites is 1. The van der Waals surface area contributed by atoms with E-state index in [1.165, 1.54) is 25.1 Å². The normalized spacial score (nSPS) is 18.4. The summed E-state index contributed by atoms with van der Waals surface area (Å²) in [6, 6.07) is 5.83. The van der Waals surface area contributed by atoms with Crippen molar-refractivity contribution in [2.45, 2.75) is 32.3 Å². The van der Waals surface area contributed by atoms with Gasteiger partial charge in [0.15, 0.2) is 17.7 Å². The molecular formula is C16H19FN2O3. The van der Waals surface area contributed by atoms with Crippen molar-refractivity contribution in [2.75, 3.05) is 0 Å². The molecule has 6 heteroatoms. The van der Waals surface area contributed by atoms with E-state index >= 15 is 0 Å². The third kappa shape index (κ3) is 4.31. The number of hydrazine groups is 1. The van der Waals surface area contributed by atoms with Crippen molar-refractivity contribution in [3.05, 3.63) is 42.2 Å². The molecule has 0 saturated heterocycles. The van der Waals surface area contributed by atoms with E-state index in [1.54, 1.807) is 6.07 Å². The molecule has 0 saturated carbocycles. The Labute approximate surface area is 128 Å². The van der Waals surface area contributed by atoms with Crippen molar-refractivity contribution < 1.29 is 18.7 Å². The Hall–Kier alpha value is -2.37. The highest BCUT2D eigenvalue weighted by molar-refractivity contribution is 5.85. The largest absolute Gasteiger partial charge is 0.478 e. The Morgan fingerprint density at radius 3 is 2.73 bits per heavy atom. The summed E-state index contributed by atoms with van der Waals surface area (Å²) in [5.74, 6) is -1.44. The van der Waals surface area contributed by atoms with Crippen LogP contribution in [0.3, 0.4) is 0 Å². The maximum absolute atomic E-state index is 13.4. The molecule has 1 aromatic carbocycles. The number of carbonyl (C=O) groups is 2. The standard InChI is InChI=1S/C16H19FN2O3/c1-11(22-14-10-6-5-9-13(14)17)15(20)18-19-16(21)12-7-3-2-4-8-12/h2-3,5-6,9-12H,4,7-8H2,1H3,(H,18,20)(H,19,21). The summed E-state index contributed by atoms with van der Waals surface area (Å²) in [6.45, 7) is 1.48. The molecule has 0 aliphatic heterocycles. The molecule has 0 spiro atoms. The van der Waals surface area contributed by atoms with Gasteiger partial charge in [-0.2, -0.15) is 0 Å². The number of carbonyl (C=O) groups excluding carboxylic acids is 2. The Morgan fingerprint density at radius 1 is 1.27 bits per heavy atom. The molecule has 1 aromatic rings. The first-order valence-corrected chi connectivity index (χ1v) is 7.24. The van der Waals surface area contributed by atoms with Gasteiger partial charge in [-0.25, -0.2) is 4.39 Å². The molecule has 22 heavy (non-hydrogen) atoms. The number of halogens is 1. The lowest BCUT2D eigenvalue weighted by Crippen LogP contribution is -2.49. The molecule has 2 rings (SSSR count). The van der Waals surface area contributed by atoms with Gasteiger partial charge in [-0.1, -0.05) is 24.3 Å². The zero-order valence-electron chi connectivity index (χ0n) is 12.3. The minimum Gasteiger partial charge on any atom is -0.478 e. The zero-order chi connectivity index (χ0) is 15.9. The quantitative estimate of drug-likeness (QED) is 0.661. The number of ether oxygens (including phenoxy) is 1. The molecule has 5 nitrogen and oxygen atoms in total. The smallest absolute Gasteiger partial charge is 0.279 e. The van der Waals surface area contributed by atoms with Crippen LogP contribution in [0.25, 0.3) is 0 Å². The van der Waals surface area contributed by atoms with Crippen molar-refractivity contribution >= 4 is 11.8 Å². The number of hydrogen-bond donors (Lipinski definition) is 2. The van der Waals surface area contributed by atoms with Crippen LogP contribution in [0.1, 0.15) is 26.2 Å². The Morgan fingerprint density at radius 2 is 2.05 bits per heavy atom. The fraction of sp³-hybridized carbons (Fsp3) is 0.375. The van der Waals surface area contributed by atoms with Gasteiger partial charge < -0.3 is 4.74 Å². The molecule has 0 aromatic heterocycles. The van der Waals surface area contributed by atoms with Crippen molar-refractivity contribution in [1.82, 2.24) is 10.9 Å². The molecule has 2 unspecified atom stereocenters. The lowest BCUT2D eigenvalue weighted by atomic mass is 9.94. The Bertz CT molecular complexity index is 574. The number of hydrogen-bond acceptors (Lipinski definition) is 3. The molecule has 2 amide bonds. The summed E-state index contributed by atoms with van der Waals surface area (Å²) in [5, 5.41) is 0. The van der Waals surface area contributed by atoms with Crippen LogP contribution in [0.4, 0.5) is 4.39 Å². The zero-order valence-corrected chi connectivity index (χ0v) is 12.3. The first-order chi connectivity index (χ1) is 10.6. The molecule has 0 bridgehead atoms. The molecule has 0 fully saturated rings. The highest BCUT2D eigenvalue weighted by Gasteiger charge is 2.21. The lowest BCUT2D eigenvalue weighted by Gasteiger charge is -2.19. The van der Waals surface area contributed by atoms with E-state index in [2.05, 4.69) is 10.9 Å². The monoisotopic (exact) mass is 306 g/mol. The molecule has 2 atom stereocenters. The van der Waals surface area contributed by atoms with Crippen LogP contribution in [0.2, 0.25) is 0 Å². The molecule has 0 heterocycles. The second-order valence-corrected chi connectivity index (χ2v) is 5.15. The van der Waals surface area contributed by atoms with Gasteiger partial charge in [0, 0.05) is 5.92 Å². The topological polar surface area (TPSA) is 67.4 Å². The fourth-order valence-corrected chi connectivity index (χ4v) is 2.14. The van der Waals surface area contributed by atoms with Crippen LogP contribution in [0.5, 0.6) is 5.75 Å². The summed E-state index contributed by atoms with van der Waals surface area (Å²) in [6.07, 6.45) is 5.36. The average molecular weight is 306 g/mol. The predicted molar refractivity (Wildman–Crippen MR) is 79.3 cm³/mol. The highest BCUT2D eigenvalue weighted by atomic mass is 19.1. The molecule has 118 valence electrons. The number of benzene rings is 1. The number of rotatable bonds is 4. The van der Waals surface area contributed by atoms with Crippen molar-refractivity contribution in [3.8, 4) is 5.75 Å². The summed E-state index contributed by atoms with van der Waals surface area (Å²) < 4.78 is 18.7. The van der Waals surface area contributed by atoms with Gasteiger partial charge in [0.05, 0.1) is 0 Å². The molecule has 2 N–H and O–H groups in total. The minimum absolute atomic E-state index is 0.00565. The number of amides is 2. The third-order valence-electron chi connectivity index (χ3n) is 3.46. The first-order valence-electron chi connectivity index (χ1n) is 7.24. The van der Waals surface area contributed by atoms with E-state index in [1.807, 2.05) is 12.2 Å². The van der Waals surface area contributed by atoms with E-state index in [-0.39, 0.29) is 17.6 Å². The van der Waals surface area contributed by atoms with Gasteiger partial charge >= 0.3 is 0 Å². The summed E-state index contributed by atoms with van der Waals surface area (Å²) >= 11 is 0. The van der Waals surface area contributed by atoms with E-state index < -0.39 is 17.8 Å². The molecule has 1 aliphatic rings. The van der Waals surface area contributed by atoms with E-state index in [0.717, 1.165) is 12.8 Å². The first kappa shape index (κ1) is 16.0. The predicted octanol–water partition coefficient (Wildman–Crippen LogP) is 2.10. The average Bonchev–Trinajstić information content (AvgIpc) is 2.55. The second kappa shape index (κ2) is 7.59. The summed E-state index contributed by atoms with van der Waals surface area (Å²) in [5.41, 5.74) is 4.70. The number of allylic oxidation sites excluding steroid dienone is 2. The van der Waals surface area contributed by atoms with Crippen molar-refractivity contribution in [3.63, 3.8) is 0 Å². The van der Waals surface area contributed by atoms with Crippen LogP contribution >= 0.6 is 0 Å². The SMILES string of the molecule is CC(Oc1ccccc1F)C(=O)NNC(=O)C1CC=CCC1. The van der Waals surface area contributed by atoms with Gasteiger partial charge in [-0.3, -0.25) is 20.4 Å². The van der Waals surface area contributed by atoms with E-state index in [0.29, 0.717) is 6.42 Å². The van der Waals surface area contributed by atoms with Crippen LogP contribution in [-0.2, 0) is 9.59 Å². The second-order valence-electron chi connectivity index (χ2n) is 5.15. The van der Waals surface area contributed by atoms with Crippen LogP contribution in [-0.4, -0.2) is 17.9 Å². The highest BCUT2D eigenvalue weighted by Crippen LogP contribution is 2.18. The van der Waals surface area contributed by atoms with Crippen molar-refractivity contribution in [1.29, 1.82) is 0 Å². The molecule has 1 aliphatic carbocycles. The van der Waals surface area contributed by atoms with Crippen LogP contribution in [0.15, 0.2) is 36.4 Å². The van der Waals surface area contributed by atoms with E-state index in [9.17, 15) is 14.0 Å². The van der Waals surface area contributed by atoms with Gasteiger partial charge in [0.1, 0.15) is 0 Å².